The number of hydrogen-bond acceptors (Lipinski definition) is 5. The van der Waals surface area contributed by atoms with Gasteiger partial charge in [0.25, 0.3) is 5.56 Å². The van der Waals surface area contributed by atoms with Crippen LogP contribution in [-0.4, -0.2) is 45.8 Å². The summed E-state index contributed by atoms with van der Waals surface area (Å²) in [5.74, 6) is 0. The van der Waals surface area contributed by atoms with Gasteiger partial charge in [0.2, 0.25) is 0 Å². The van der Waals surface area contributed by atoms with Crippen LogP contribution >= 0.6 is 11.3 Å². The molecule has 0 atom stereocenters. The molecule has 3 heterocycles. The van der Waals surface area contributed by atoms with Gasteiger partial charge in [0, 0.05) is 43.0 Å². The largest absolute Gasteiger partial charge is 0.296 e. The molecule has 0 saturated carbocycles. The fraction of sp³-hybridized carbons (Fsp3) is 0.333. The Hall–Kier alpha value is -2.02. The molecule has 24 heavy (non-hydrogen) atoms. The average molecular weight is 340 g/mol. The first-order chi connectivity index (χ1) is 11.8. The molecule has 6 heteroatoms. The van der Waals surface area contributed by atoms with E-state index in [0.717, 1.165) is 43.5 Å². The van der Waals surface area contributed by atoms with Gasteiger partial charge in [-0.2, -0.15) is 5.10 Å². The summed E-state index contributed by atoms with van der Waals surface area (Å²) >= 11 is 1.81. The van der Waals surface area contributed by atoms with Gasteiger partial charge < -0.3 is 0 Å². The third-order valence-electron chi connectivity index (χ3n) is 4.52. The Labute approximate surface area is 144 Å². The Morgan fingerprint density at radius 2 is 1.79 bits per heavy atom. The molecule has 0 aliphatic carbocycles. The summed E-state index contributed by atoms with van der Waals surface area (Å²) in [5.41, 5.74) is -0.00545. The molecule has 3 aromatic rings. The van der Waals surface area contributed by atoms with E-state index in [2.05, 4.69) is 32.4 Å². The maximum absolute atomic E-state index is 12.5. The van der Waals surface area contributed by atoms with E-state index < -0.39 is 0 Å². The molecular weight excluding hydrogens is 320 g/mol. The molecular formula is C18H20N4OS. The first kappa shape index (κ1) is 15.5. The van der Waals surface area contributed by atoms with Gasteiger partial charge in [-0.05, 0) is 17.5 Å². The molecule has 1 aliphatic heterocycles. The minimum Gasteiger partial charge on any atom is -0.296 e. The van der Waals surface area contributed by atoms with Crippen molar-refractivity contribution in [3.63, 3.8) is 0 Å². The Balaban J connectivity index is 1.40. The monoisotopic (exact) mass is 340 g/mol. The molecule has 4 rings (SSSR count). The zero-order valence-electron chi connectivity index (χ0n) is 13.5. The molecule has 1 aromatic carbocycles. The van der Waals surface area contributed by atoms with Crippen LogP contribution in [0.5, 0.6) is 0 Å². The standard InChI is InChI=1S/C18H20N4OS/c23-18-17-6-2-1-4-15(17)12-19-22(18)14-21-9-7-20(8-10-21)13-16-5-3-11-24-16/h1-6,11-12H,7-10,13-14H2. The minimum absolute atomic E-state index is 0.00545. The van der Waals surface area contributed by atoms with Gasteiger partial charge in [-0.25, -0.2) is 4.68 Å². The zero-order chi connectivity index (χ0) is 16.4. The predicted octanol–water partition coefficient (Wildman–Crippen LogP) is 2.23. The highest BCUT2D eigenvalue weighted by atomic mass is 32.1. The Bertz CT molecular complexity index is 866. The lowest BCUT2D eigenvalue weighted by Gasteiger charge is -2.34. The van der Waals surface area contributed by atoms with Crippen LogP contribution in [0.2, 0.25) is 0 Å². The van der Waals surface area contributed by atoms with Crippen molar-refractivity contribution < 1.29 is 0 Å². The molecule has 0 unspecified atom stereocenters. The van der Waals surface area contributed by atoms with E-state index in [0.29, 0.717) is 6.67 Å². The minimum atomic E-state index is -0.00545. The molecule has 0 spiro atoms. The molecule has 0 bridgehead atoms. The highest BCUT2D eigenvalue weighted by Crippen LogP contribution is 2.14. The van der Waals surface area contributed by atoms with Gasteiger partial charge in [-0.3, -0.25) is 14.6 Å². The van der Waals surface area contributed by atoms with Crippen molar-refractivity contribution in [2.75, 3.05) is 26.2 Å². The lowest BCUT2D eigenvalue weighted by molar-refractivity contribution is 0.0978. The topological polar surface area (TPSA) is 41.4 Å². The SMILES string of the molecule is O=c1c2ccccc2cnn1CN1CCN(Cc2cccs2)CC1. The van der Waals surface area contributed by atoms with Crippen molar-refractivity contribution in [2.45, 2.75) is 13.2 Å². The summed E-state index contributed by atoms with van der Waals surface area (Å²) in [6, 6.07) is 11.9. The van der Waals surface area contributed by atoms with Crippen molar-refractivity contribution in [1.29, 1.82) is 0 Å². The molecule has 124 valence electrons. The second-order valence-electron chi connectivity index (χ2n) is 6.15. The van der Waals surface area contributed by atoms with Crippen molar-refractivity contribution >= 4 is 22.1 Å². The fourth-order valence-electron chi connectivity index (χ4n) is 3.13. The number of thiophene rings is 1. The van der Waals surface area contributed by atoms with Crippen molar-refractivity contribution in [1.82, 2.24) is 19.6 Å². The molecule has 1 saturated heterocycles. The van der Waals surface area contributed by atoms with E-state index in [-0.39, 0.29) is 5.56 Å². The van der Waals surface area contributed by atoms with Gasteiger partial charge in [-0.15, -0.1) is 11.3 Å². The highest BCUT2D eigenvalue weighted by molar-refractivity contribution is 7.09. The van der Waals surface area contributed by atoms with Gasteiger partial charge in [0.05, 0.1) is 18.3 Å². The third-order valence-corrected chi connectivity index (χ3v) is 5.38. The number of fused-ring (bicyclic) bond motifs is 1. The van der Waals surface area contributed by atoms with Crippen LogP contribution in [0.1, 0.15) is 4.88 Å². The van der Waals surface area contributed by atoms with Crippen LogP contribution in [0.25, 0.3) is 10.8 Å². The van der Waals surface area contributed by atoms with Gasteiger partial charge in [0.1, 0.15) is 0 Å². The summed E-state index contributed by atoms with van der Waals surface area (Å²) in [7, 11) is 0. The summed E-state index contributed by atoms with van der Waals surface area (Å²) in [6.45, 7) is 5.58. The molecule has 0 N–H and O–H groups in total. The first-order valence-corrected chi connectivity index (χ1v) is 9.09. The first-order valence-electron chi connectivity index (χ1n) is 8.21. The summed E-state index contributed by atoms with van der Waals surface area (Å²) in [5, 5.41) is 8.10. The molecule has 1 aliphatic rings. The third kappa shape index (κ3) is 3.26. The van der Waals surface area contributed by atoms with Crippen molar-refractivity contribution in [3.05, 3.63) is 63.2 Å². The van der Waals surface area contributed by atoms with Crippen LogP contribution in [0, 0.1) is 0 Å². The lowest BCUT2D eigenvalue weighted by Crippen LogP contribution is -2.47. The van der Waals surface area contributed by atoms with E-state index in [1.165, 1.54) is 4.88 Å². The number of aromatic nitrogens is 2. The van der Waals surface area contributed by atoms with Gasteiger partial charge in [-0.1, -0.05) is 24.3 Å². The van der Waals surface area contributed by atoms with Crippen LogP contribution in [-0.2, 0) is 13.2 Å². The van der Waals surface area contributed by atoms with E-state index in [4.69, 9.17) is 0 Å². The maximum Gasteiger partial charge on any atom is 0.275 e. The number of benzene rings is 1. The quantitative estimate of drug-likeness (QED) is 0.730. The Morgan fingerprint density at radius 3 is 2.58 bits per heavy atom. The van der Waals surface area contributed by atoms with Gasteiger partial charge in [0.15, 0.2) is 0 Å². The average Bonchev–Trinajstić information content (AvgIpc) is 3.12. The molecule has 2 aromatic heterocycles. The number of rotatable bonds is 4. The fourth-order valence-corrected chi connectivity index (χ4v) is 3.88. The number of nitrogens with zero attached hydrogens (tertiary/aromatic N) is 4. The summed E-state index contributed by atoms with van der Waals surface area (Å²) < 4.78 is 1.58. The van der Waals surface area contributed by atoms with E-state index in [1.54, 1.807) is 10.9 Å². The second kappa shape index (κ2) is 6.84. The normalized spacial score (nSPS) is 16.7. The smallest absolute Gasteiger partial charge is 0.275 e. The lowest BCUT2D eigenvalue weighted by atomic mass is 10.2. The molecule has 1 fully saturated rings. The second-order valence-corrected chi connectivity index (χ2v) is 7.18. The summed E-state index contributed by atoms with van der Waals surface area (Å²) in [4.78, 5) is 18.7. The zero-order valence-corrected chi connectivity index (χ0v) is 14.3. The van der Waals surface area contributed by atoms with Gasteiger partial charge >= 0.3 is 0 Å². The van der Waals surface area contributed by atoms with E-state index >= 15 is 0 Å². The molecule has 5 nitrogen and oxygen atoms in total. The molecule has 0 radical (unpaired) electrons. The van der Waals surface area contributed by atoms with Crippen molar-refractivity contribution in [2.24, 2.45) is 0 Å². The molecule has 0 amide bonds. The Morgan fingerprint density at radius 1 is 1.00 bits per heavy atom. The predicted molar refractivity (Wildman–Crippen MR) is 97.2 cm³/mol. The number of piperazine rings is 1. The van der Waals surface area contributed by atoms with Crippen LogP contribution in [0.3, 0.4) is 0 Å². The summed E-state index contributed by atoms with van der Waals surface area (Å²) in [6.07, 6.45) is 1.78. The van der Waals surface area contributed by atoms with Crippen LogP contribution in [0.15, 0.2) is 52.8 Å². The van der Waals surface area contributed by atoms with Crippen LogP contribution in [0.4, 0.5) is 0 Å². The number of hydrogen-bond donors (Lipinski definition) is 0. The van der Waals surface area contributed by atoms with E-state index in [1.807, 2.05) is 35.6 Å². The highest BCUT2D eigenvalue weighted by Gasteiger charge is 2.18. The van der Waals surface area contributed by atoms with Crippen molar-refractivity contribution in [3.8, 4) is 0 Å². The Kier molecular flexibility index (Phi) is 4.42. The van der Waals surface area contributed by atoms with Crippen LogP contribution < -0.4 is 5.56 Å². The maximum atomic E-state index is 12.5. The van der Waals surface area contributed by atoms with E-state index in [9.17, 15) is 4.79 Å².